The maximum Gasteiger partial charge on any atom is 0.135 e. The van der Waals surface area contributed by atoms with E-state index in [0.29, 0.717) is 5.56 Å². The van der Waals surface area contributed by atoms with Crippen LogP contribution in [-0.2, 0) is 0 Å². The van der Waals surface area contributed by atoms with Gasteiger partial charge in [0.2, 0.25) is 0 Å². The molecule has 0 saturated heterocycles. The van der Waals surface area contributed by atoms with Crippen LogP contribution in [0.5, 0.6) is 0 Å². The van der Waals surface area contributed by atoms with Gasteiger partial charge in [-0.2, -0.15) is 0 Å². The Balaban J connectivity index is 2.64. The lowest BCUT2D eigenvalue weighted by atomic mass is 10.0. The van der Waals surface area contributed by atoms with E-state index in [4.69, 9.17) is 11.6 Å². The summed E-state index contributed by atoms with van der Waals surface area (Å²) in [6.45, 7) is 0. The van der Waals surface area contributed by atoms with Gasteiger partial charge in [0.05, 0.1) is 5.56 Å². The highest BCUT2D eigenvalue weighted by molar-refractivity contribution is 14.1. The first-order valence-electron chi connectivity index (χ1n) is 4.48. The SMILES string of the molecule is Fc1cc(Cl)cc(F)c1-c1cccc(I)c1. The zero-order chi connectivity index (χ0) is 11.7. The van der Waals surface area contributed by atoms with Crippen LogP contribution in [0.3, 0.4) is 0 Å². The summed E-state index contributed by atoms with van der Waals surface area (Å²) >= 11 is 7.65. The maximum absolute atomic E-state index is 13.6. The van der Waals surface area contributed by atoms with Gasteiger partial charge in [-0.1, -0.05) is 23.7 Å². The summed E-state index contributed by atoms with van der Waals surface area (Å²) in [6, 6.07) is 9.22. The van der Waals surface area contributed by atoms with Gasteiger partial charge >= 0.3 is 0 Å². The van der Waals surface area contributed by atoms with Crippen molar-refractivity contribution >= 4 is 34.2 Å². The van der Waals surface area contributed by atoms with Crippen LogP contribution in [0.4, 0.5) is 8.78 Å². The summed E-state index contributed by atoms with van der Waals surface area (Å²) in [7, 11) is 0. The molecule has 0 amide bonds. The van der Waals surface area contributed by atoms with E-state index in [1.54, 1.807) is 18.2 Å². The molecule has 0 heterocycles. The molecule has 0 aliphatic heterocycles. The summed E-state index contributed by atoms with van der Waals surface area (Å²) in [4.78, 5) is 0. The van der Waals surface area contributed by atoms with Crippen molar-refractivity contribution < 1.29 is 8.78 Å². The molecule has 0 N–H and O–H groups in total. The van der Waals surface area contributed by atoms with Crippen molar-refractivity contribution in [3.05, 3.63) is 56.6 Å². The summed E-state index contributed by atoms with van der Waals surface area (Å²) in [6.07, 6.45) is 0. The standard InChI is InChI=1S/C12H6ClF2I/c13-8-5-10(14)12(11(15)6-8)7-2-1-3-9(16)4-7/h1-6H. The van der Waals surface area contributed by atoms with Crippen molar-refractivity contribution in [2.45, 2.75) is 0 Å². The van der Waals surface area contributed by atoms with E-state index in [2.05, 4.69) is 22.6 Å². The third kappa shape index (κ3) is 2.35. The van der Waals surface area contributed by atoms with Crippen molar-refractivity contribution in [3.63, 3.8) is 0 Å². The highest BCUT2D eigenvalue weighted by Crippen LogP contribution is 2.29. The topological polar surface area (TPSA) is 0 Å². The zero-order valence-electron chi connectivity index (χ0n) is 7.98. The highest BCUT2D eigenvalue weighted by Gasteiger charge is 2.12. The Labute approximate surface area is 110 Å². The van der Waals surface area contributed by atoms with Crippen molar-refractivity contribution in [1.29, 1.82) is 0 Å². The molecule has 0 aromatic heterocycles. The third-order valence-corrected chi connectivity index (χ3v) is 3.01. The minimum absolute atomic E-state index is 0.0390. The van der Waals surface area contributed by atoms with Gasteiger partial charge in [-0.05, 0) is 52.4 Å². The molecule has 0 fully saturated rings. The summed E-state index contributed by atoms with van der Waals surface area (Å²) in [5.41, 5.74) is 0.474. The molecule has 4 heteroatoms. The van der Waals surface area contributed by atoms with E-state index in [0.717, 1.165) is 15.7 Å². The second kappa shape index (κ2) is 4.67. The second-order valence-electron chi connectivity index (χ2n) is 3.25. The number of hydrogen-bond donors (Lipinski definition) is 0. The van der Waals surface area contributed by atoms with E-state index in [1.807, 2.05) is 6.07 Å². The third-order valence-electron chi connectivity index (χ3n) is 2.12. The van der Waals surface area contributed by atoms with Crippen LogP contribution in [0.15, 0.2) is 36.4 Å². The van der Waals surface area contributed by atoms with Gasteiger partial charge in [-0.3, -0.25) is 0 Å². The average Bonchev–Trinajstić information content (AvgIpc) is 2.15. The molecule has 0 spiro atoms. The van der Waals surface area contributed by atoms with Gasteiger partial charge < -0.3 is 0 Å². The van der Waals surface area contributed by atoms with E-state index >= 15 is 0 Å². The number of rotatable bonds is 1. The second-order valence-corrected chi connectivity index (χ2v) is 4.94. The molecule has 2 aromatic rings. The number of hydrogen-bond acceptors (Lipinski definition) is 0. The molecule has 0 aliphatic carbocycles. The maximum atomic E-state index is 13.6. The molecule has 0 aliphatic rings. The molecular formula is C12H6ClF2I. The minimum Gasteiger partial charge on any atom is -0.206 e. The first kappa shape index (κ1) is 11.8. The Morgan fingerprint density at radius 3 is 2.19 bits per heavy atom. The van der Waals surface area contributed by atoms with Crippen LogP contribution in [0, 0.1) is 15.2 Å². The quantitative estimate of drug-likeness (QED) is 0.642. The van der Waals surface area contributed by atoms with E-state index < -0.39 is 11.6 Å². The lowest BCUT2D eigenvalue weighted by Gasteiger charge is -2.06. The molecule has 0 saturated carbocycles. The van der Waals surface area contributed by atoms with Crippen molar-refractivity contribution in [2.75, 3.05) is 0 Å². The van der Waals surface area contributed by atoms with Crippen LogP contribution in [-0.4, -0.2) is 0 Å². The van der Waals surface area contributed by atoms with Crippen LogP contribution in [0.1, 0.15) is 0 Å². The Bertz CT molecular complexity index is 517. The smallest absolute Gasteiger partial charge is 0.135 e. The van der Waals surface area contributed by atoms with Gasteiger partial charge in [0.25, 0.3) is 0 Å². The molecule has 2 rings (SSSR count). The normalized spacial score (nSPS) is 10.5. The van der Waals surface area contributed by atoms with Crippen LogP contribution >= 0.6 is 34.2 Å². The predicted octanol–water partition coefficient (Wildman–Crippen LogP) is 4.89. The number of benzene rings is 2. The molecule has 16 heavy (non-hydrogen) atoms. The van der Waals surface area contributed by atoms with Gasteiger partial charge in [0, 0.05) is 8.59 Å². The fraction of sp³-hybridized carbons (Fsp3) is 0. The van der Waals surface area contributed by atoms with Gasteiger partial charge in [-0.15, -0.1) is 0 Å². The Morgan fingerprint density at radius 1 is 1.00 bits per heavy atom. The van der Waals surface area contributed by atoms with E-state index in [9.17, 15) is 8.78 Å². The molecule has 0 radical (unpaired) electrons. The lowest BCUT2D eigenvalue weighted by Crippen LogP contribution is -1.90. The van der Waals surface area contributed by atoms with Gasteiger partial charge in [0.1, 0.15) is 11.6 Å². The predicted molar refractivity (Wildman–Crippen MR) is 69.5 cm³/mol. The Kier molecular flexibility index (Phi) is 3.44. The highest BCUT2D eigenvalue weighted by atomic mass is 127. The molecule has 2 aromatic carbocycles. The Hall–Kier alpha value is -0.680. The van der Waals surface area contributed by atoms with Crippen molar-refractivity contribution in [1.82, 2.24) is 0 Å². The molecule has 0 bridgehead atoms. The van der Waals surface area contributed by atoms with Crippen molar-refractivity contribution in [2.24, 2.45) is 0 Å². The molecule has 0 unspecified atom stereocenters. The van der Waals surface area contributed by atoms with E-state index in [-0.39, 0.29) is 10.6 Å². The number of halogens is 4. The average molecular weight is 351 g/mol. The van der Waals surface area contributed by atoms with Gasteiger partial charge in [0.15, 0.2) is 0 Å². The molecule has 0 nitrogen and oxygen atoms in total. The monoisotopic (exact) mass is 350 g/mol. The summed E-state index contributed by atoms with van der Waals surface area (Å²) in [5.74, 6) is -1.29. The lowest BCUT2D eigenvalue weighted by molar-refractivity contribution is 0.590. The summed E-state index contributed by atoms with van der Waals surface area (Å²) < 4.78 is 28.1. The van der Waals surface area contributed by atoms with Crippen LogP contribution < -0.4 is 0 Å². The first-order valence-corrected chi connectivity index (χ1v) is 5.94. The van der Waals surface area contributed by atoms with Gasteiger partial charge in [-0.25, -0.2) is 8.78 Å². The molecule has 0 atom stereocenters. The molecule has 82 valence electrons. The molecular weight excluding hydrogens is 344 g/mol. The van der Waals surface area contributed by atoms with Crippen molar-refractivity contribution in [3.8, 4) is 11.1 Å². The van der Waals surface area contributed by atoms with Crippen LogP contribution in [0.2, 0.25) is 5.02 Å². The zero-order valence-corrected chi connectivity index (χ0v) is 10.9. The Morgan fingerprint density at radius 2 is 1.62 bits per heavy atom. The largest absolute Gasteiger partial charge is 0.206 e. The first-order chi connectivity index (χ1) is 7.58. The summed E-state index contributed by atoms with van der Waals surface area (Å²) in [5, 5.41) is 0.0596. The van der Waals surface area contributed by atoms with Crippen LogP contribution in [0.25, 0.3) is 11.1 Å². The fourth-order valence-electron chi connectivity index (χ4n) is 1.46. The fourth-order valence-corrected chi connectivity index (χ4v) is 2.20. The van der Waals surface area contributed by atoms with E-state index in [1.165, 1.54) is 0 Å². The minimum atomic E-state index is -0.646.